The molecule has 0 spiro atoms. The molecule has 1 aliphatic heterocycles. The molecule has 3 nitrogen and oxygen atoms in total. The Morgan fingerprint density at radius 2 is 2.38 bits per heavy atom. The summed E-state index contributed by atoms with van der Waals surface area (Å²) < 4.78 is 0. The molecule has 0 aromatic carbocycles. The molecule has 1 fully saturated rings. The Kier molecular flexibility index (Phi) is 4.22. The average Bonchev–Trinajstić information content (AvgIpc) is 2.15. The van der Waals surface area contributed by atoms with Crippen LogP contribution in [-0.4, -0.2) is 30.4 Å². The van der Waals surface area contributed by atoms with E-state index in [2.05, 4.69) is 11.8 Å². The number of nitrogens with two attached hydrogens (primary N) is 1. The second kappa shape index (κ2) is 5.22. The number of primary amides is 1. The molecule has 3 heteroatoms. The Hall–Kier alpha value is -0.570. The molecule has 1 saturated heterocycles. The van der Waals surface area contributed by atoms with Gasteiger partial charge in [-0.25, -0.2) is 0 Å². The Morgan fingerprint density at radius 1 is 1.62 bits per heavy atom. The largest absolute Gasteiger partial charge is 0.370 e. The highest BCUT2D eigenvalue weighted by Crippen LogP contribution is 2.18. The van der Waals surface area contributed by atoms with Gasteiger partial charge in [-0.15, -0.1) is 0 Å². The van der Waals surface area contributed by atoms with Gasteiger partial charge in [0, 0.05) is 19.5 Å². The molecule has 1 atom stereocenters. The van der Waals surface area contributed by atoms with Crippen LogP contribution in [-0.2, 0) is 4.79 Å². The highest BCUT2D eigenvalue weighted by Gasteiger charge is 2.17. The maximum Gasteiger partial charge on any atom is 0.218 e. The minimum atomic E-state index is -0.182. The van der Waals surface area contributed by atoms with Crippen LogP contribution in [0.15, 0.2) is 0 Å². The molecule has 0 bridgehead atoms. The number of carbonyl (C=O) groups excluding carboxylic acids is 1. The molecule has 1 rings (SSSR count). The highest BCUT2D eigenvalue weighted by atomic mass is 16.1. The molecule has 0 aliphatic carbocycles. The third kappa shape index (κ3) is 3.77. The lowest BCUT2D eigenvalue weighted by Crippen LogP contribution is -2.37. The fourth-order valence-electron chi connectivity index (χ4n) is 1.96. The molecular formula is C10H20N2O. The predicted octanol–water partition coefficient (Wildman–Crippen LogP) is 0.984. The molecule has 2 N–H and O–H groups in total. The van der Waals surface area contributed by atoms with Crippen molar-refractivity contribution in [3.05, 3.63) is 0 Å². The van der Waals surface area contributed by atoms with E-state index in [1.54, 1.807) is 0 Å². The number of nitrogens with zero attached hydrogens (tertiary/aromatic N) is 1. The molecular weight excluding hydrogens is 164 g/mol. The Morgan fingerprint density at radius 3 is 3.00 bits per heavy atom. The van der Waals surface area contributed by atoms with Gasteiger partial charge < -0.3 is 10.6 Å². The maximum absolute atomic E-state index is 10.6. The molecule has 0 radical (unpaired) electrons. The lowest BCUT2D eigenvalue weighted by Gasteiger charge is -2.31. The van der Waals surface area contributed by atoms with Crippen LogP contribution in [0.25, 0.3) is 0 Å². The van der Waals surface area contributed by atoms with Crippen LogP contribution in [0.3, 0.4) is 0 Å². The number of hydrogen-bond acceptors (Lipinski definition) is 2. The maximum atomic E-state index is 10.6. The summed E-state index contributed by atoms with van der Waals surface area (Å²) >= 11 is 0. The molecule has 0 aromatic heterocycles. The van der Waals surface area contributed by atoms with Gasteiger partial charge in [-0.05, 0) is 25.3 Å². The molecule has 1 aliphatic rings. The van der Waals surface area contributed by atoms with Gasteiger partial charge in [0.25, 0.3) is 0 Å². The summed E-state index contributed by atoms with van der Waals surface area (Å²) in [7, 11) is 0. The fourth-order valence-corrected chi connectivity index (χ4v) is 1.96. The van der Waals surface area contributed by atoms with Crippen molar-refractivity contribution in [1.82, 2.24) is 4.90 Å². The number of likely N-dealkylation sites (tertiary alicyclic amines) is 1. The van der Waals surface area contributed by atoms with Gasteiger partial charge in [0.1, 0.15) is 0 Å². The van der Waals surface area contributed by atoms with Crippen molar-refractivity contribution in [2.75, 3.05) is 19.6 Å². The number of hydrogen-bond donors (Lipinski definition) is 1. The van der Waals surface area contributed by atoms with Crippen molar-refractivity contribution < 1.29 is 4.79 Å². The van der Waals surface area contributed by atoms with E-state index in [0.29, 0.717) is 6.42 Å². The molecule has 0 unspecified atom stereocenters. The average molecular weight is 184 g/mol. The summed E-state index contributed by atoms with van der Waals surface area (Å²) in [4.78, 5) is 13.0. The van der Waals surface area contributed by atoms with Gasteiger partial charge >= 0.3 is 0 Å². The SMILES string of the molecule is CC[C@@H]1CCCN(CCC(N)=O)C1. The van der Waals surface area contributed by atoms with Gasteiger partial charge in [-0.2, -0.15) is 0 Å². The monoisotopic (exact) mass is 184 g/mol. The van der Waals surface area contributed by atoms with Crippen LogP contribution in [0.1, 0.15) is 32.6 Å². The van der Waals surface area contributed by atoms with Crippen molar-refractivity contribution in [2.24, 2.45) is 11.7 Å². The molecule has 1 heterocycles. The normalized spacial score (nSPS) is 24.5. The summed E-state index contributed by atoms with van der Waals surface area (Å²) in [5.74, 6) is 0.653. The number of amides is 1. The lowest BCUT2D eigenvalue weighted by atomic mass is 9.95. The van der Waals surface area contributed by atoms with E-state index in [9.17, 15) is 4.79 Å². The number of rotatable bonds is 4. The van der Waals surface area contributed by atoms with E-state index >= 15 is 0 Å². The van der Waals surface area contributed by atoms with Crippen LogP contribution in [0, 0.1) is 5.92 Å². The first-order valence-corrected chi connectivity index (χ1v) is 5.23. The zero-order valence-corrected chi connectivity index (χ0v) is 8.46. The van der Waals surface area contributed by atoms with E-state index < -0.39 is 0 Å². The van der Waals surface area contributed by atoms with Crippen LogP contribution < -0.4 is 5.73 Å². The van der Waals surface area contributed by atoms with E-state index in [-0.39, 0.29) is 5.91 Å². The van der Waals surface area contributed by atoms with Crippen molar-refractivity contribution in [1.29, 1.82) is 0 Å². The van der Waals surface area contributed by atoms with Crippen LogP contribution >= 0.6 is 0 Å². The molecule has 13 heavy (non-hydrogen) atoms. The minimum Gasteiger partial charge on any atom is -0.370 e. The standard InChI is InChI=1S/C10H20N2O/c1-2-9-4-3-6-12(8-9)7-5-10(11)13/h9H,2-8H2,1H3,(H2,11,13)/t9-/m1/s1. The van der Waals surface area contributed by atoms with Crippen molar-refractivity contribution in [3.63, 3.8) is 0 Å². The first-order valence-electron chi connectivity index (χ1n) is 5.23. The minimum absolute atomic E-state index is 0.182. The summed E-state index contributed by atoms with van der Waals surface area (Å²) in [6.07, 6.45) is 4.39. The lowest BCUT2D eigenvalue weighted by molar-refractivity contribution is -0.118. The van der Waals surface area contributed by atoms with Gasteiger partial charge in [0.15, 0.2) is 0 Å². The first-order chi connectivity index (χ1) is 6.22. The quantitative estimate of drug-likeness (QED) is 0.708. The topological polar surface area (TPSA) is 46.3 Å². The van der Waals surface area contributed by atoms with Crippen LogP contribution in [0.4, 0.5) is 0 Å². The molecule has 76 valence electrons. The molecule has 0 aromatic rings. The second-order valence-corrected chi connectivity index (χ2v) is 3.93. The van der Waals surface area contributed by atoms with E-state index in [4.69, 9.17) is 5.73 Å². The Balaban J connectivity index is 2.21. The Bertz CT molecular complexity index is 170. The van der Waals surface area contributed by atoms with Gasteiger partial charge in [-0.3, -0.25) is 4.79 Å². The first kappa shape index (κ1) is 10.5. The van der Waals surface area contributed by atoms with Gasteiger partial charge in [-0.1, -0.05) is 13.3 Å². The third-order valence-electron chi connectivity index (χ3n) is 2.85. The van der Waals surface area contributed by atoms with E-state index in [0.717, 1.165) is 25.6 Å². The second-order valence-electron chi connectivity index (χ2n) is 3.93. The van der Waals surface area contributed by atoms with Crippen LogP contribution in [0.5, 0.6) is 0 Å². The smallest absolute Gasteiger partial charge is 0.218 e. The van der Waals surface area contributed by atoms with Gasteiger partial charge in [0.2, 0.25) is 5.91 Å². The fraction of sp³-hybridized carbons (Fsp3) is 0.900. The van der Waals surface area contributed by atoms with Gasteiger partial charge in [0.05, 0.1) is 0 Å². The van der Waals surface area contributed by atoms with E-state index in [1.807, 2.05) is 0 Å². The predicted molar refractivity (Wildman–Crippen MR) is 53.3 cm³/mol. The molecule has 0 saturated carbocycles. The summed E-state index contributed by atoms with van der Waals surface area (Å²) in [5.41, 5.74) is 5.11. The van der Waals surface area contributed by atoms with Crippen molar-refractivity contribution in [2.45, 2.75) is 32.6 Å². The molecule has 1 amide bonds. The van der Waals surface area contributed by atoms with E-state index in [1.165, 1.54) is 19.3 Å². The Labute approximate surface area is 80.3 Å². The zero-order valence-electron chi connectivity index (χ0n) is 8.46. The van der Waals surface area contributed by atoms with Crippen LogP contribution in [0.2, 0.25) is 0 Å². The summed E-state index contributed by atoms with van der Waals surface area (Å²) in [5, 5.41) is 0. The highest BCUT2D eigenvalue weighted by molar-refractivity contribution is 5.73. The number of piperidine rings is 1. The van der Waals surface area contributed by atoms with Crippen molar-refractivity contribution >= 4 is 5.91 Å². The van der Waals surface area contributed by atoms with Crippen molar-refractivity contribution in [3.8, 4) is 0 Å². The summed E-state index contributed by atoms with van der Waals surface area (Å²) in [6, 6.07) is 0. The third-order valence-corrected chi connectivity index (χ3v) is 2.85. The zero-order chi connectivity index (χ0) is 9.68. The number of carbonyl (C=O) groups is 1. The summed E-state index contributed by atoms with van der Waals surface area (Å²) in [6.45, 7) is 5.39.